The van der Waals surface area contributed by atoms with Crippen molar-refractivity contribution in [2.75, 3.05) is 18.0 Å². The maximum atomic E-state index is 5.50. The minimum absolute atomic E-state index is 0.917. The van der Waals surface area contributed by atoms with Gasteiger partial charge in [0.1, 0.15) is 0 Å². The number of para-hydroxylation sites is 1. The lowest BCUT2D eigenvalue weighted by Crippen LogP contribution is -2.19. The third-order valence-corrected chi connectivity index (χ3v) is 2.58. The Kier molecular flexibility index (Phi) is 2.55. The molecule has 0 spiro atoms. The molecular formula is C11H12ClN. The van der Waals surface area contributed by atoms with Crippen LogP contribution in [0, 0.1) is 0 Å². The standard InChI is InChI=1S/C11H12ClN/c12-7-3-8-13-9-6-10-4-1-2-5-11(10)13/h1-5,7H,6,8-9H2/b7-3+. The van der Waals surface area contributed by atoms with E-state index in [1.54, 1.807) is 5.54 Å². The smallest absolute Gasteiger partial charge is 0.0402 e. The van der Waals surface area contributed by atoms with Crippen molar-refractivity contribution in [2.45, 2.75) is 6.42 Å². The maximum Gasteiger partial charge on any atom is 0.0402 e. The summed E-state index contributed by atoms with van der Waals surface area (Å²) in [5.41, 5.74) is 4.39. The zero-order valence-electron chi connectivity index (χ0n) is 7.41. The van der Waals surface area contributed by atoms with Crippen molar-refractivity contribution in [2.24, 2.45) is 0 Å². The maximum absolute atomic E-state index is 5.50. The van der Waals surface area contributed by atoms with E-state index in [1.807, 2.05) is 6.08 Å². The lowest BCUT2D eigenvalue weighted by Gasteiger charge is -2.16. The van der Waals surface area contributed by atoms with E-state index < -0.39 is 0 Å². The Hall–Kier alpha value is -0.950. The molecule has 2 heteroatoms. The molecule has 0 radical (unpaired) electrons. The molecule has 0 amide bonds. The van der Waals surface area contributed by atoms with Crippen LogP contribution < -0.4 is 4.90 Å². The van der Waals surface area contributed by atoms with Crippen molar-refractivity contribution < 1.29 is 0 Å². The number of hydrogen-bond acceptors (Lipinski definition) is 1. The highest BCUT2D eigenvalue weighted by atomic mass is 35.5. The summed E-state index contributed by atoms with van der Waals surface area (Å²) in [5, 5.41) is 0. The molecule has 13 heavy (non-hydrogen) atoms. The van der Waals surface area contributed by atoms with E-state index in [1.165, 1.54) is 11.3 Å². The molecule has 0 unspecified atom stereocenters. The Balaban J connectivity index is 2.18. The highest BCUT2D eigenvalue weighted by molar-refractivity contribution is 6.25. The van der Waals surface area contributed by atoms with Gasteiger partial charge in [0.05, 0.1) is 0 Å². The fraction of sp³-hybridized carbons (Fsp3) is 0.273. The van der Waals surface area contributed by atoms with Crippen LogP contribution in [0.2, 0.25) is 0 Å². The number of benzene rings is 1. The van der Waals surface area contributed by atoms with E-state index in [0.717, 1.165) is 19.5 Å². The molecule has 0 fully saturated rings. The van der Waals surface area contributed by atoms with Gasteiger partial charge in [-0.3, -0.25) is 0 Å². The zero-order valence-corrected chi connectivity index (χ0v) is 8.17. The number of nitrogens with zero attached hydrogens (tertiary/aromatic N) is 1. The molecular weight excluding hydrogens is 182 g/mol. The van der Waals surface area contributed by atoms with Crippen LogP contribution in [0.25, 0.3) is 0 Å². The molecule has 1 aliphatic heterocycles. The summed E-state index contributed by atoms with van der Waals surface area (Å²) < 4.78 is 0. The molecule has 1 aliphatic rings. The minimum atomic E-state index is 0.917. The average molecular weight is 194 g/mol. The SMILES string of the molecule is Cl/C=C/CN1CCc2ccccc21. The lowest BCUT2D eigenvalue weighted by molar-refractivity contribution is 0.904. The summed E-state index contributed by atoms with van der Waals surface area (Å²) in [4.78, 5) is 2.34. The summed E-state index contributed by atoms with van der Waals surface area (Å²) in [7, 11) is 0. The van der Waals surface area contributed by atoms with Crippen LogP contribution in [0.1, 0.15) is 5.56 Å². The Morgan fingerprint density at radius 3 is 3.08 bits per heavy atom. The summed E-state index contributed by atoms with van der Waals surface area (Å²) in [6, 6.07) is 8.55. The Labute approximate surface area is 83.6 Å². The van der Waals surface area contributed by atoms with Gasteiger partial charge in [-0.15, -0.1) is 0 Å². The van der Waals surface area contributed by atoms with Crippen LogP contribution in [0.4, 0.5) is 5.69 Å². The molecule has 1 nitrogen and oxygen atoms in total. The summed E-state index contributed by atoms with van der Waals surface area (Å²) in [6.45, 7) is 2.03. The number of rotatable bonds is 2. The van der Waals surface area contributed by atoms with Gasteiger partial charge in [-0.2, -0.15) is 0 Å². The van der Waals surface area contributed by atoms with Crippen LogP contribution >= 0.6 is 11.6 Å². The summed E-state index contributed by atoms with van der Waals surface area (Å²) in [5.74, 6) is 0. The van der Waals surface area contributed by atoms with E-state index in [0.29, 0.717) is 0 Å². The van der Waals surface area contributed by atoms with Crippen LogP contribution in [0.15, 0.2) is 35.9 Å². The van der Waals surface area contributed by atoms with Crippen molar-refractivity contribution in [3.05, 3.63) is 41.4 Å². The zero-order chi connectivity index (χ0) is 9.10. The van der Waals surface area contributed by atoms with Gasteiger partial charge in [0.25, 0.3) is 0 Å². The van der Waals surface area contributed by atoms with E-state index in [-0.39, 0.29) is 0 Å². The number of fused-ring (bicyclic) bond motifs is 1. The fourth-order valence-electron chi connectivity index (χ4n) is 1.76. The van der Waals surface area contributed by atoms with Crippen molar-refractivity contribution >= 4 is 17.3 Å². The quantitative estimate of drug-likeness (QED) is 0.698. The van der Waals surface area contributed by atoms with E-state index in [9.17, 15) is 0 Å². The second kappa shape index (κ2) is 3.84. The van der Waals surface area contributed by atoms with Gasteiger partial charge in [-0.1, -0.05) is 35.9 Å². The largest absolute Gasteiger partial charge is 0.367 e. The molecule has 0 saturated heterocycles. The van der Waals surface area contributed by atoms with E-state index in [4.69, 9.17) is 11.6 Å². The summed E-state index contributed by atoms with van der Waals surface area (Å²) >= 11 is 5.50. The Morgan fingerprint density at radius 1 is 1.38 bits per heavy atom. The number of anilines is 1. The molecule has 0 aliphatic carbocycles. The highest BCUT2D eigenvalue weighted by Gasteiger charge is 2.16. The van der Waals surface area contributed by atoms with Gasteiger partial charge in [-0.25, -0.2) is 0 Å². The number of halogens is 1. The van der Waals surface area contributed by atoms with Crippen molar-refractivity contribution in [3.8, 4) is 0 Å². The second-order valence-electron chi connectivity index (χ2n) is 3.19. The Morgan fingerprint density at radius 2 is 2.23 bits per heavy atom. The lowest BCUT2D eigenvalue weighted by atomic mass is 10.2. The van der Waals surface area contributed by atoms with Gasteiger partial charge < -0.3 is 4.90 Å². The predicted molar refractivity (Wildman–Crippen MR) is 57.4 cm³/mol. The van der Waals surface area contributed by atoms with Crippen LogP contribution in [0.3, 0.4) is 0 Å². The molecule has 1 aromatic carbocycles. The molecule has 68 valence electrons. The second-order valence-corrected chi connectivity index (χ2v) is 3.44. The monoisotopic (exact) mass is 193 g/mol. The molecule has 0 N–H and O–H groups in total. The first-order valence-electron chi connectivity index (χ1n) is 4.50. The minimum Gasteiger partial charge on any atom is -0.367 e. The molecule has 2 rings (SSSR count). The normalized spacial score (nSPS) is 15.3. The molecule has 0 bridgehead atoms. The van der Waals surface area contributed by atoms with Gasteiger partial charge in [0.15, 0.2) is 0 Å². The van der Waals surface area contributed by atoms with Crippen LogP contribution in [-0.2, 0) is 6.42 Å². The van der Waals surface area contributed by atoms with Crippen molar-refractivity contribution in [1.29, 1.82) is 0 Å². The Bertz CT molecular complexity index is 320. The van der Waals surface area contributed by atoms with Crippen molar-refractivity contribution in [3.63, 3.8) is 0 Å². The molecule has 1 heterocycles. The summed E-state index contributed by atoms with van der Waals surface area (Å²) in [6.07, 6.45) is 3.13. The van der Waals surface area contributed by atoms with Crippen LogP contribution in [-0.4, -0.2) is 13.1 Å². The fourth-order valence-corrected chi connectivity index (χ4v) is 1.84. The van der Waals surface area contributed by atoms with Gasteiger partial charge in [-0.05, 0) is 18.1 Å². The third-order valence-electron chi connectivity index (χ3n) is 2.40. The van der Waals surface area contributed by atoms with Crippen LogP contribution in [0.5, 0.6) is 0 Å². The van der Waals surface area contributed by atoms with Crippen molar-refractivity contribution in [1.82, 2.24) is 0 Å². The van der Waals surface area contributed by atoms with Gasteiger partial charge in [0.2, 0.25) is 0 Å². The first-order valence-corrected chi connectivity index (χ1v) is 4.93. The van der Waals surface area contributed by atoms with E-state index in [2.05, 4.69) is 29.2 Å². The van der Waals surface area contributed by atoms with Gasteiger partial charge in [0, 0.05) is 24.3 Å². The average Bonchev–Trinajstić information content (AvgIpc) is 2.58. The molecule has 1 aromatic rings. The molecule has 0 aromatic heterocycles. The van der Waals surface area contributed by atoms with E-state index >= 15 is 0 Å². The predicted octanol–water partition coefficient (Wildman–Crippen LogP) is 2.80. The first kappa shape index (κ1) is 8.64. The third kappa shape index (κ3) is 1.70. The number of hydrogen-bond donors (Lipinski definition) is 0. The van der Waals surface area contributed by atoms with Gasteiger partial charge >= 0.3 is 0 Å². The topological polar surface area (TPSA) is 3.24 Å². The highest BCUT2D eigenvalue weighted by Crippen LogP contribution is 2.26. The first-order chi connectivity index (χ1) is 6.42. The molecule has 0 saturated carbocycles. The molecule has 0 atom stereocenters.